The van der Waals surface area contributed by atoms with Gasteiger partial charge >= 0.3 is 0 Å². The molecule has 0 unspecified atom stereocenters. The molecule has 0 bridgehead atoms. The van der Waals surface area contributed by atoms with Crippen molar-refractivity contribution < 1.29 is 17.6 Å². The van der Waals surface area contributed by atoms with Crippen molar-refractivity contribution >= 4 is 0 Å². The third kappa shape index (κ3) is 2.34. The first-order valence-corrected chi connectivity index (χ1v) is 3.56. The summed E-state index contributed by atoms with van der Waals surface area (Å²) >= 11 is 0. The Bertz CT molecular complexity index is 137. The quantitative estimate of drug-likeness (QED) is 0.490. The van der Waals surface area contributed by atoms with Gasteiger partial charge in [0, 0.05) is 12.8 Å². The van der Waals surface area contributed by atoms with Gasteiger partial charge in [0.15, 0.2) is 0 Å². The topological polar surface area (TPSA) is 0 Å². The van der Waals surface area contributed by atoms with Crippen molar-refractivity contribution in [2.45, 2.75) is 38.0 Å². The molecule has 1 fully saturated rings. The van der Waals surface area contributed by atoms with Crippen molar-refractivity contribution in [3.63, 3.8) is 0 Å². The van der Waals surface area contributed by atoms with Crippen LogP contribution in [-0.2, 0) is 0 Å². The van der Waals surface area contributed by atoms with E-state index in [0.29, 0.717) is 0 Å². The third-order valence-electron chi connectivity index (χ3n) is 1.81. The van der Waals surface area contributed by atoms with Crippen LogP contribution in [0.1, 0.15) is 26.2 Å². The smallest absolute Gasteiger partial charge is 0.207 e. The molecule has 0 radical (unpaired) electrons. The summed E-state index contributed by atoms with van der Waals surface area (Å²) in [6.45, 7) is 1.43. The Morgan fingerprint density at radius 2 is 1.36 bits per heavy atom. The Labute approximate surface area is 62.6 Å². The molecule has 0 N–H and O–H groups in total. The molecule has 1 aliphatic rings. The monoisotopic (exact) mass is 170 g/mol. The van der Waals surface area contributed by atoms with Crippen LogP contribution >= 0.6 is 0 Å². The van der Waals surface area contributed by atoms with E-state index >= 15 is 0 Å². The molecule has 0 saturated heterocycles. The number of alkyl halides is 4. The van der Waals surface area contributed by atoms with E-state index in [1.165, 1.54) is 6.92 Å². The third-order valence-corrected chi connectivity index (χ3v) is 1.81. The van der Waals surface area contributed by atoms with Crippen molar-refractivity contribution in [2.24, 2.45) is 5.92 Å². The summed E-state index contributed by atoms with van der Waals surface area (Å²) in [5.74, 6) is -6.91. The van der Waals surface area contributed by atoms with Crippen LogP contribution in [0.25, 0.3) is 0 Å². The molecule has 1 aliphatic carbocycles. The average molecular weight is 170 g/mol. The van der Waals surface area contributed by atoms with Crippen LogP contribution in [0.2, 0.25) is 0 Å². The number of hydrogen-bond donors (Lipinski definition) is 0. The summed E-state index contributed by atoms with van der Waals surface area (Å²) in [6, 6.07) is 0. The Kier molecular flexibility index (Phi) is 1.89. The maximum absolute atomic E-state index is 12.5. The number of halogens is 4. The maximum Gasteiger partial charge on any atom is 0.254 e. The molecule has 0 aromatic carbocycles. The van der Waals surface area contributed by atoms with Gasteiger partial charge in [0.1, 0.15) is 0 Å². The largest absolute Gasteiger partial charge is 0.254 e. The Hall–Kier alpha value is -0.280. The second kappa shape index (κ2) is 2.35. The van der Waals surface area contributed by atoms with E-state index in [4.69, 9.17) is 0 Å². The van der Waals surface area contributed by atoms with E-state index < -0.39 is 37.0 Å². The molecule has 1 rings (SSSR count). The van der Waals surface area contributed by atoms with Gasteiger partial charge in [0.2, 0.25) is 0 Å². The number of hydrogen-bond acceptors (Lipinski definition) is 0. The van der Waals surface area contributed by atoms with E-state index in [-0.39, 0.29) is 0 Å². The zero-order valence-corrected chi connectivity index (χ0v) is 6.21. The van der Waals surface area contributed by atoms with Crippen molar-refractivity contribution in [1.82, 2.24) is 0 Å². The van der Waals surface area contributed by atoms with Gasteiger partial charge < -0.3 is 0 Å². The Morgan fingerprint density at radius 1 is 1.00 bits per heavy atom. The summed E-state index contributed by atoms with van der Waals surface area (Å²) in [4.78, 5) is 0. The van der Waals surface area contributed by atoms with Gasteiger partial charge in [-0.3, -0.25) is 0 Å². The second-order valence-electron chi connectivity index (χ2n) is 3.40. The Balaban J connectivity index is 2.66. The fourth-order valence-corrected chi connectivity index (χ4v) is 1.61. The van der Waals surface area contributed by atoms with E-state index in [1.54, 1.807) is 0 Å². The van der Waals surface area contributed by atoms with Crippen molar-refractivity contribution in [3.05, 3.63) is 0 Å². The highest BCUT2D eigenvalue weighted by Crippen LogP contribution is 2.44. The van der Waals surface area contributed by atoms with Crippen LogP contribution in [0.4, 0.5) is 17.6 Å². The highest BCUT2D eigenvalue weighted by molar-refractivity contribution is 4.86. The molecule has 66 valence electrons. The summed E-state index contributed by atoms with van der Waals surface area (Å²) < 4.78 is 49.9. The molecule has 0 amide bonds. The highest BCUT2D eigenvalue weighted by Gasteiger charge is 2.49. The van der Waals surface area contributed by atoms with Gasteiger partial charge in [-0.2, -0.15) is 0 Å². The molecular weight excluding hydrogens is 160 g/mol. The zero-order chi connectivity index (χ0) is 8.70. The minimum atomic E-state index is -3.17. The molecule has 0 aromatic heterocycles. The standard InChI is InChI=1S/C7H10F4/c1-5-2-6(8,9)4-7(10,11)3-5/h5H,2-4H2,1H3. The minimum absolute atomic E-state index is 0.400. The molecule has 11 heavy (non-hydrogen) atoms. The SMILES string of the molecule is CC1CC(F)(F)CC(F)(F)C1. The van der Waals surface area contributed by atoms with Crippen LogP contribution in [0, 0.1) is 5.92 Å². The van der Waals surface area contributed by atoms with Crippen LogP contribution in [0.5, 0.6) is 0 Å². The van der Waals surface area contributed by atoms with Crippen molar-refractivity contribution in [1.29, 1.82) is 0 Å². The van der Waals surface area contributed by atoms with Gasteiger partial charge in [0.25, 0.3) is 11.8 Å². The predicted molar refractivity (Wildman–Crippen MR) is 32.9 cm³/mol. The first kappa shape index (κ1) is 8.81. The molecule has 1 saturated carbocycles. The number of rotatable bonds is 0. The predicted octanol–water partition coefficient (Wildman–Crippen LogP) is 3.08. The van der Waals surface area contributed by atoms with Gasteiger partial charge in [0.05, 0.1) is 6.42 Å². The van der Waals surface area contributed by atoms with E-state index in [1.807, 2.05) is 0 Å². The summed E-state index contributed by atoms with van der Waals surface area (Å²) in [6.07, 6.45) is -2.07. The molecule has 0 aliphatic heterocycles. The van der Waals surface area contributed by atoms with Crippen LogP contribution in [0.3, 0.4) is 0 Å². The van der Waals surface area contributed by atoms with Crippen LogP contribution in [0.15, 0.2) is 0 Å². The van der Waals surface area contributed by atoms with E-state index in [2.05, 4.69) is 0 Å². The first-order valence-electron chi connectivity index (χ1n) is 3.56. The molecule has 4 heteroatoms. The van der Waals surface area contributed by atoms with E-state index in [9.17, 15) is 17.6 Å². The molecule has 0 heterocycles. The van der Waals surface area contributed by atoms with E-state index in [0.717, 1.165) is 0 Å². The van der Waals surface area contributed by atoms with Gasteiger partial charge in [-0.25, -0.2) is 17.6 Å². The molecular formula is C7H10F4. The molecule has 0 spiro atoms. The van der Waals surface area contributed by atoms with Gasteiger partial charge in [-0.1, -0.05) is 6.92 Å². The summed E-state index contributed by atoms with van der Waals surface area (Å²) in [5, 5.41) is 0. The molecule has 0 atom stereocenters. The highest BCUT2D eigenvalue weighted by atomic mass is 19.3. The maximum atomic E-state index is 12.5. The lowest BCUT2D eigenvalue weighted by Crippen LogP contribution is -2.37. The fourth-order valence-electron chi connectivity index (χ4n) is 1.61. The summed E-state index contributed by atoms with van der Waals surface area (Å²) in [5.41, 5.74) is 0. The van der Waals surface area contributed by atoms with Crippen LogP contribution < -0.4 is 0 Å². The minimum Gasteiger partial charge on any atom is -0.207 e. The second-order valence-corrected chi connectivity index (χ2v) is 3.40. The molecule has 0 nitrogen and oxygen atoms in total. The molecule has 0 aromatic rings. The van der Waals surface area contributed by atoms with Crippen molar-refractivity contribution in [2.75, 3.05) is 0 Å². The van der Waals surface area contributed by atoms with Crippen molar-refractivity contribution in [3.8, 4) is 0 Å². The fraction of sp³-hybridized carbons (Fsp3) is 1.00. The summed E-state index contributed by atoms with van der Waals surface area (Å²) in [7, 11) is 0. The lowest BCUT2D eigenvalue weighted by atomic mass is 9.85. The van der Waals surface area contributed by atoms with Gasteiger partial charge in [-0.05, 0) is 5.92 Å². The van der Waals surface area contributed by atoms with Gasteiger partial charge in [-0.15, -0.1) is 0 Å². The Morgan fingerprint density at radius 3 is 1.64 bits per heavy atom. The zero-order valence-electron chi connectivity index (χ0n) is 6.21. The first-order chi connectivity index (χ1) is 4.81. The average Bonchev–Trinajstić information content (AvgIpc) is 1.49. The normalized spacial score (nSPS) is 30.3. The van der Waals surface area contributed by atoms with Crippen LogP contribution in [-0.4, -0.2) is 11.8 Å². The lowest BCUT2D eigenvalue weighted by Gasteiger charge is -2.32. The lowest BCUT2D eigenvalue weighted by molar-refractivity contribution is -0.159.